The normalized spacial score (nSPS) is 15.7. The molecule has 0 spiro atoms. The SMILES string of the molecule is Nc1ncnc2cc(N3CCC(=O)NC3=O)ccc12. The number of hydrogen-bond donors (Lipinski definition) is 2. The molecule has 7 heteroatoms. The van der Waals surface area contributed by atoms with Gasteiger partial charge in [-0.25, -0.2) is 14.8 Å². The van der Waals surface area contributed by atoms with Crippen LogP contribution in [0.15, 0.2) is 24.5 Å². The molecular formula is C12H11N5O2. The van der Waals surface area contributed by atoms with Gasteiger partial charge in [-0.2, -0.15) is 0 Å². The van der Waals surface area contributed by atoms with Gasteiger partial charge in [0.05, 0.1) is 5.52 Å². The number of nitrogens with zero attached hydrogens (tertiary/aromatic N) is 3. The number of aromatic nitrogens is 2. The smallest absolute Gasteiger partial charge is 0.328 e. The van der Waals surface area contributed by atoms with Crippen LogP contribution in [-0.2, 0) is 4.79 Å². The number of carbonyl (C=O) groups is 2. The van der Waals surface area contributed by atoms with Gasteiger partial charge in [0, 0.05) is 24.0 Å². The van der Waals surface area contributed by atoms with Gasteiger partial charge in [-0.05, 0) is 18.2 Å². The standard InChI is InChI=1S/C12H11N5O2/c13-11-8-2-1-7(5-9(8)14-6-15-11)17-4-3-10(18)16-12(17)19/h1-2,5-6H,3-4H2,(H2,13,14,15)(H,16,18,19). The van der Waals surface area contributed by atoms with E-state index in [1.165, 1.54) is 11.2 Å². The zero-order valence-corrected chi connectivity index (χ0v) is 9.96. The summed E-state index contributed by atoms with van der Waals surface area (Å²) in [7, 11) is 0. The average Bonchev–Trinajstić information content (AvgIpc) is 2.38. The van der Waals surface area contributed by atoms with Gasteiger partial charge < -0.3 is 5.73 Å². The summed E-state index contributed by atoms with van der Waals surface area (Å²) in [6.07, 6.45) is 1.66. The van der Waals surface area contributed by atoms with Gasteiger partial charge in [0.15, 0.2) is 0 Å². The molecule has 3 amide bonds. The summed E-state index contributed by atoms with van der Waals surface area (Å²) in [5.74, 6) is 0.142. The Labute approximate surface area is 108 Å². The lowest BCUT2D eigenvalue weighted by Gasteiger charge is -2.26. The lowest BCUT2D eigenvalue weighted by atomic mass is 10.2. The van der Waals surface area contributed by atoms with E-state index in [1.807, 2.05) is 0 Å². The maximum absolute atomic E-state index is 11.7. The highest BCUT2D eigenvalue weighted by atomic mass is 16.2. The minimum Gasteiger partial charge on any atom is -0.383 e. The molecular weight excluding hydrogens is 246 g/mol. The summed E-state index contributed by atoms with van der Waals surface area (Å²) in [6, 6.07) is 4.86. The molecule has 0 radical (unpaired) electrons. The summed E-state index contributed by atoms with van der Waals surface area (Å²) in [5.41, 5.74) is 7.08. The first-order valence-corrected chi connectivity index (χ1v) is 5.77. The number of anilines is 2. The van der Waals surface area contributed by atoms with Crippen molar-refractivity contribution < 1.29 is 9.59 Å². The number of benzene rings is 1. The monoisotopic (exact) mass is 257 g/mol. The molecule has 7 nitrogen and oxygen atoms in total. The van der Waals surface area contributed by atoms with Crippen molar-refractivity contribution in [3.8, 4) is 0 Å². The Bertz CT molecular complexity index is 685. The Morgan fingerprint density at radius 3 is 2.89 bits per heavy atom. The summed E-state index contributed by atoms with van der Waals surface area (Å²) in [4.78, 5) is 32.4. The number of nitrogen functional groups attached to an aromatic ring is 1. The van der Waals surface area contributed by atoms with Crippen LogP contribution in [-0.4, -0.2) is 28.5 Å². The van der Waals surface area contributed by atoms with Gasteiger partial charge in [-0.15, -0.1) is 0 Å². The highest BCUT2D eigenvalue weighted by Crippen LogP contribution is 2.24. The topological polar surface area (TPSA) is 101 Å². The molecule has 0 atom stereocenters. The molecule has 2 aromatic rings. The van der Waals surface area contributed by atoms with Crippen LogP contribution in [0.25, 0.3) is 10.9 Å². The molecule has 0 bridgehead atoms. The Morgan fingerprint density at radius 2 is 2.11 bits per heavy atom. The van der Waals surface area contributed by atoms with E-state index < -0.39 is 6.03 Å². The fourth-order valence-corrected chi connectivity index (χ4v) is 2.04. The maximum Gasteiger partial charge on any atom is 0.328 e. The molecule has 1 aromatic carbocycles. The second-order valence-corrected chi connectivity index (χ2v) is 4.22. The number of rotatable bonds is 1. The predicted octanol–water partition coefficient (Wildman–Crippen LogP) is 0.658. The number of hydrogen-bond acceptors (Lipinski definition) is 5. The van der Waals surface area contributed by atoms with Crippen LogP contribution in [0, 0.1) is 0 Å². The molecule has 2 heterocycles. The molecule has 3 rings (SSSR count). The molecule has 0 saturated carbocycles. The fourth-order valence-electron chi connectivity index (χ4n) is 2.04. The third kappa shape index (κ3) is 1.95. The third-order valence-corrected chi connectivity index (χ3v) is 3.02. The van der Waals surface area contributed by atoms with E-state index in [-0.39, 0.29) is 12.3 Å². The number of urea groups is 1. The predicted molar refractivity (Wildman–Crippen MR) is 69.5 cm³/mol. The lowest BCUT2D eigenvalue weighted by Crippen LogP contribution is -2.49. The highest BCUT2D eigenvalue weighted by molar-refractivity contribution is 6.06. The van der Waals surface area contributed by atoms with E-state index >= 15 is 0 Å². The van der Waals surface area contributed by atoms with Gasteiger partial charge >= 0.3 is 6.03 Å². The zero-order valence-electron chi connectivity index (χ0n) is 9.96. The Balaban J connectivity index is 2.02. The van der Waals surface area contributed by atoms with Crippen molar-refractivity contribution in [2.45, 2.75) is 6.42 Å². The van der Waals surface area contributed by atoms with Crippen LogP contribution in [0.2, 0.25) is 0 Å². The minimum atomic E-state index is -0.419. The minimum absolute atomic E-state index is 0.256. The highest BCUT2D eigenvalue weighted by Gasteiger charge is 2.24. The van der Waals surface area contributed by atoms with E-state index in [0.29, 0.717) is 23.6 Å². The van der Waals surface area contributed by atoms with Crippen LogP contribution in [0.1, 0.15) is 6.42 Å². The van der Waals surface area contributed by atoms with Crippen LogP contribution in [0.5, 0.6) is 0 Å². The van der Waals surface area contributed by atoms with Crippen molar-refractivity contribution in [1.82, 2.24) is 15.3 Å². The second-order valence-electron chi connectivity index (χ2n) is 4.22. The largest absolute Gasteiger partial charge is 0.383 e. The molecule has 1 aromatic heterocycles. The van der Waals surface area contributed by atoms with Gasteiger partial charge in [-0.1, -0.05) is 0 Å². The molecule has 1 aliphatic heterocycles. The van der Waals surface area contributed by atoms with Gasteiger partial charge in [0.25, 0.3) is 0 Å². The maximum atomic E-state index is 11.7. The summed E-state index contributed by atoms with van der Waals surface area (Å²) >= 11 is 0. The van der Waals surface area contributed by atoms with Crippen molar-refractivity contribution in [3.05, 3.63) is 24.5 Å². The van der Waals surface area contributed by atoms with Crippen molar-refractivity contribution in [1.29, 1.82) is 0 Å². The number of imide groups is 1. The van der Waals surface area contributed by atoms with Crippen LogP contribution < -0.4 is 16.0 Å². The Morgan fingerprint density at radius 1 is 1.26 bits per heavy atom. The van der Waals surface area contributed by atoms with Crippen LogP contribution in [0.4, 0.5) is 16.3 Å². The number of carbonyl (C=O) groups excluding carboxylic acids is 2. The van der Waals surface area contributed by atoms with Crippen LogP contribution in [0.3, 0.4) is 0 Å². The first kappa shape index (κ1) is 11.4. The molecule has 3 N–H and O–H groups in total. The molecule has 1 saturated heterocycles. The van der Waals surface area contributed by atoms with E-state index in [9.17, 15) is 9.59 Å². The van der Waals surface area contributed by atoms with E-state index in [2.05, 4.69) is 15.3 Å². The summed E-state index contributed by atoms with van der Waals surface area (Å²) in [5, 5.41) is 3.01. The second kappa shape index (κ2) is 4.20. The third-order valence-electron chi connectivity index (χ3n) is 3.02. The zero-order chi connectivity index (χ0) is 13.4. The van der Waals surface area contributed by atoms with E-state index in [4.69, 9.17) is 5.73 Å². The Hall–Kier alpha value is -2.70. The quantitative estimate of drug-likeness (QED) is 0.781. The van der Waals surface area contributed by atoms with Crippen molar-refractivity contribution >= 4 is 34.3 Å². The molecule has 1 fully saturated rings. The fraction of sp³-hybridized carbons (Fsp3) is 0.167. The lowest BCUT2D eigenvalue weighted by molar-refractivity contribution is -0.120. The summed E-state index contributed by atoms with van der Waals surface area (Å²) in [6.45, 7) is 0.358. The average molecular weight is 257 g/mol. The molecule has 19 heavy (non-hydrogen) atoms. The van der Waals surface area contributed by atoms with Crippen molar-refractivity contribution in [3.63, 3.8) is 0 Å². The van der Waals surface area contributed by atoms with Crippen molar-refractivity contribution in [2.24, 2.45) is 0 Å². The Kier molecular flexibility index (Phi) is 2.52. The molecule has 0 unspecified atom stereocenters. The summed E-state index contributed by atoms with van der Waals surface area (Å²) < 4.78 is 0. The van der Waals surface area contributed by atoms with E-state index in [0.717, 1.165) is 5.39 Å². The number of nitrogens with one attached hydrogen (secondary N) is 1. The van der Waals surface area contributed by atoms with Gasteiger partial charge in [0.1, 0.15) is 12.1 Å². The van der Waals surface area contributed by atoms with Gasteiger partial charge in [0.2, 0.25) is 5.91 Å². The molecule has 96 valence electrons. The first-order chi connectivity index (χ1) is 9.15. The van der Waals surface area contributed by atoms with Gasteiger partial charge in [-0.3, -0.25) is 15.0 Å². The number of amides is 3. The number of fused-ring (bicyclic) bond motifs is 1. The first-order valence-electron chi connectivity index (χ1n) is 5.77. The van der Waals surface area contributed by atoms with E-state index in [1.54, 1.807) is 18.2 Å². The van der Waals surface area contributed by atoms with Crippen molar-refractivity contribution in [2.75, 3.05) is 17.2 Å². The molecule has 1 aliphatic rings. The molecule has 0 aliphatic carbocycles. The number of nitrogens with two attached hydrogens (primary N) is 1. The van der Waals surface area contributed by atoms with Crippen LogP contribution >= 0.6 is 0 Å².